The van der Waals surface area contributed by atoms with Gasteiger partial charge >= 0.3 is 0 Å². The molecule has 0 amide bonds. The molecule has 6 nitrogen and oxygen atoms in total. The van der Waals surface area contributed by atoms with Crippen LogP contribution >= 0.6 is 0 Å². The number of amidine groups is 1. The Labute approximate surface area is 327 Å². The van der Waals surface area contributed by atoms with Gasteiger partial charge in [-0.2, -0.15) is 0 Å². The maximum atomic E-state index is 6.80. The smallest absolute Gasteiger partial charge is 0.159 e. The van der Waals surface area contributed by atoms with E-state index in [1.807, 2.05) is 24.3 Å². The van der Waals surface area contributed by atoms with Crippen molar-refractivity contribution in [3.8, 4) is 16.8 Å². The van der Waals surface area contributed by atoms with Crippen molar-refractivity contribution in [1.29, 1.82) is 0 Å². The van der Waals surface area contributed by atoms with Crippen LogP contribution in [0.25, 0.3) is 82.5 Å². The van der Waals surface area contributed by atoms with E-state index >= 15 is 0 Å². The van der Waals surface area contributed by atoms with Gasteiger partial charge in [0.15, 0.2) is 5.58 Å². The second-order valence-corrected chi connectivity index (χ2v) is 14.7. The van der Waals surface area contributed by atoms with E-state index in [-0.39, 0.29) is 12.3 Å². The number of hydrogen-bond donors (Lipinski definition) is 2. The summed E-state index contributed by atoms with van der Waals surface area (Å²) in [4.78, 5) is 5.24. The molecule has 0 fully saturated rings. The highest BCUT2D eigenvalue weighted by Gasteiger charge is 2.28. The Morgan fingerprint density at radius 3 is 1.96 bits per heavy atom. The molecule has 0 aliphatic carbocycles. The van der Waals surface area contributed by atoms with Crippen LogP contribution < -0.4 is 10.6 Å². The summed E-state index contributed by atoms with van der Waals surface area (Å²) in [6.07, 6.45) is -0.497. The fourth-order valence-corrected chi connectivity index (χ4v) is 8.91. The Morgan fingerprint density at radius 2 is 1.16 bits per heavy atom. The summed E-state index contributed by atoms with van der Waals surface area (Å²) >= 11 is 0. The van der Waals surface area contributed by atoms with Crippen LogP contribution in [0.1, 0.15) is 29.0 Å². The molecule has 0 saturated carbocycles. The van der Waals surface area contributed by atoms with Crippen LogP contribution in [0.5, 0.6) is 0 Å². The monoisotopic (exact) mass is 734 g/mol. The molecule has 4 heterocycles. The average molecular weight is 735 g/mol. The lowest BCUT2D eigenvalue weighted by Gasteiger charge is -2.32. The molecule has 6 heteroatoms. The molecule has 3 aromatic heterocycles. The molecule has 12 rings (SSSR count). The Balaban J connectivity index is 1.00. The van der Waals surface area contributed by atoms with E-state index in [4.69, 9.17) is 13.8 Å². The predicted molar refractivity (Wildman–Crippen MR) is 232 cm³/mol. The van der Waals surface area contributed by atoms with Gasteiger partial charge in [0.2, 0.25) is 0 Å². The number of benzene rings is 8. The van der Waals surface area contributed by atoms with Gasteiger partial charge in [-0.05, 0) is 53.1 Å². The fourth-order valence-electron chi connectivity index (χ4n) is 8.91. The largest absolute Gasteiger partial charge is 0.456 e. The van der Waals surface area contributed by atoms with Crippen LogP contribution in [0.4, 0.5) is 0 Å². The van der Waals surface area contributed by atoms with Gasteiger partial charge in [0.25, 0.3) is 0 Å². The van der Waals surface area contributed by atoms with Crippen molar-refractivity contribution in [1.82, 2.24) is 15.2 Å². The molecule has 0 radical (unpaired) electrons. The number of nitrogens with one attached hydrogen (secondary N) is 2. The second kappa shape index (κ2) is 12.6. The molecular formula is C51H34N4O2. The third kappa shape index (κ3) is 4.98. The van der Waals surface area contributed by atoms with Gasteiger partial charge in [-0.25, -0.2) is 4.99 Å². The zero-order valence-electron chi connectivity index (χ0n) is 30.7. The van der Waals surface area contributed by atoms with Crippen LogP contribution in [-0.4, -0.2) is 10.4 Å². The molecule has 57 heavy (non-hydrogen) atoms. The van der Waals surface area contributed by atoms with Gasteiger partial charge in [0.1, 0.15) is 34.9 Å². The minimum atomic E-state index is -0.350. The molecule has 8 aromatic carbocycles. The SMILES string of the molecule is c1ccc(C2=NC(c3cccc4c3oc3cccc(-c5ccc6oc7c(-n8c9ccccc9c9ccccc98)cccc7c6c5)c34)NC(c3ccccc3)N2)cc1. The number of fused-ring (bicyclic) bond motifs is 9. The molecule has 2 atom stereocenters. The first-order chi connectivity index (χ1) is 28.3. The van der Waals surface area contributed by atoms with Crippen molar-refractivity contribution in [3.05, 3.63) is 199 Å². The maximum absolute atomic E-state index is 6.80. The van der Waals surface area contributed by atoms with Crippen molar-refractivity contribution >= 4 is 71.5 Å². The molecule has 2 N–H and O–H groups in total. The Hall–Kier alpha value is -7.41. The van der Waals surface area contributed by atoms with Crippen LogP contribution in [0, 0.1) is 0 Å². The number of nitrogens with zero attached hydrogens (tertiary/aromatic N) is 2. The molecule has 2 unspecified atom stereocenters. The number of rotatable bonds is 5. The van der Waals surface area contributed by atoms with Crippen LogP contribution in [0.2, 0.25) is 0 Å². The van der Waals surface area contributed by atoms with Gasteiger partial charge in [-0.15, -0.1) is 0 Å². The summed E-state index contributed by atoms with van der Waals surface area (Å²) < 4.78 is 15.9. The summed E-state index contributed by atoms with van der Waals surface area (Å²) in [6.45, 7) is 0. The summed E-state index contributed by atoms with van der Waals surface area (Å²) in [6, 6.07) is 63.7. The number of furan rings is 2. The average Bonchev–Trinajstić information content (AvgIpc) is 3.96. The molecule has 0 saturated heterocycles. The van der Waals surface area contributed by atoms with E-state index in [0.29, 0.717) is 0 Å². The predicted octanol–water partition coefficient (Wildman–Crippen LogP) is 12.6. The van der Waals surface area contributed by atoms with E-state index in [9.17, 15) is 0 Å². The summed E-state index contributed by atoms with van der Waals surface area (Å²) in [5.41, 5.74) is 12.1. The topological polar surface area (TPSA) is 67.6 Å². The standard InChI is InChI=1S/C51H34N4O2/c1-3-14-31(15-4-1)49-52-50(32-16-5-2-6-17-32)54-51(53-49)39-23-11-22-38-46-34(20-13-27-45(46)57-47(38)39)33-28-29-44-40(30-33)37-21-12-26-43(48(37)56-44)55-41-24-9-7-18-35(41)36-19-8-10-25-42(36)55/h1-30,49,51,53H,(H,52,54). The summed E-state index contributed by atoms with van der Waals surface area (Å²) in [5, 5.41) is 14.1. The van der Waals surface area contributed by atoms with Gasteiger partial charge in [0.05, 0.1) is 16.7 Å². The van der Waals surface area contributed by atoms with Gasteiger partial charge < -0.3 is 18.7 Å². The molecule has 1 aliphatic heterocycles. The van der Waals surface area contributed by atoms with E-state index < -0.39 is 0 Å². The van der Waals surface area contributed by atoms with Gasteiger partial charge in [0, 0.05) is 43.4 Å². The highest BCUT2D eigenvalue weighted by molar-refractivity contribution is 6.16. The van der Waals surface area contributed by atoms with Crippen LogP contribution in [0.15, 0.2) is 196 Å². The highest BCUT2D eigenvalue weighted by atomic mass is 16.3. The molecule has 11 aromatic rings. The molecule has 0 spiro atoms. The quantitative estimate of drug-likeness (QED) is 0.185. The lowest BCUT2D eigenvalue weighted by atomic mass is 9.97. The van der Waals surface area contributed by atoms with Crippen molar-refractivity contribution in [2.24, 2.45) is 4.99 Å². The minimum Gasteiger partial charge on any atom is -0.456 e. The first-order valence-corrected chi connectivity index (χ1v) is 19.4. The third-order valence-corrected chi connectivity index (χ3v) is 11.5. The van der Waals surface area contributed by atoms with Crippen molar-refractivity contribution in [2.45, 2.75) is 12.3 Å². The maximum Gasteiger partial charge on any atom is 0.159 e. The molecular weight excluding hydrogens is 701 g/mol. The number of hydrogen-bond acceptors (Lipinski definition) is 5. The first-order valence-electron chi connectivity index (χ1n) is 19.4. The van der Waals surface area contributed by atoms with Crippen molar-refractivity contribution in [3.63, 3.8) is 0 Å². The molecule has 1 aliphatic rings. The molecule has 0 bridgehead atoms. The summed E-state index contributed by atoms with van der Waals surface area (Å²) in [5.74, 6) is 0.837. The Bertz CT molecular complexity index is 3320. The van der Waals surface area contributed by atoms with E-state index in [2.05, 4.69) is 173 Å². The van der Waals surface area contributed by atoms with Crippen LogP contribution in [-0.2, 0) is 0 Å². The Kier molecular flexibility index (Phi) is 7.03. The lowest BCUT2D eigenvalue weighted by molar-refractivity contribution is 0.408. The van der Waals surface area contributed by atoms with Crippen molar-refractivity contribution < 1.29 is 8.83 Å². The summed E-state index contributed by atoms with van der Waals surface area (Å²) in [7, 11) is 0. The third-order valence-electron chi connectivity index (χ3n) is 11.5. The number of para-hydroxylation sites is 4. The lowest BCUT2D eigenvalue weighted by Crippen LogP contribution is -2.44. The van der Waals surface area contributed by atoms with Crippen molar-refractivity contribution in [2.75, 3.05) is 0 Å². The Morgan fingerprint density at radius 1 is 0.491 bits per heavy atom. The normalized spacial score (nSPS) is 15.9. The van der Waals surface area contributed by atoms with Crippen LogP contribution in [0.3, 0.4) is 0 Å². The zero-order chi connectivity index (χ0) is 37.5. The van der Waals surface area contributed by atoms with Gasteiger partial charge in [-0.1, -0.05) is 146 Å². The minimum absolute atomic E-state index is 0.147. The highest BCUT2D eigenvalue weighted by Crippen LogP contribution is 2.43. The van der Waals surface area contributed by atoms with E-state index in [0.717, 1.165) is 94.3 Å². The van der Waals surface area contributed by atoms with E-state index in [1.54, 1.807) is 0 Å². The number of aliphatic imine (C=N–C) groups is 1. The first kappa shape index (κ1) is 31.9. The molecule has 270 valence electrons. The van der Waals surface area contributed by atoms with E-state index in [1.165, 1.54) is 10.8 Å². The fraction of sp³-hybridized carbons (Fsp3) is 0.0392. The van der Waals surface area contributed by atoms with Gasteiger partial charge in [-0.3, -0.25) is 5.32 Å². The zero-order valence-corrected chi connectivity index (χ0v) is 30.7. The second-order valence-electron chi connectivity index (χ2n) is 14.7. The number of aromatic nitrogens is 1.